The normalized spacial score (nSPS) is 11.5. The third kappa shape index (κ3) is 3.57. The topological polar surface area (TPSA) is 102 Å². The molecule has 25 heavy (non-hydrogen) atoms. The van der Waals surface area contributed by atoms with Gasteiger partial charge in [0, 0.05) is 5.56 Å². The van der Waals surface area contributed by atoms with E-state index in [1.807, 2.05) is 24.3 Å². The monoisotopic (exact) mass is 339 g/mol. The Hall–Kier alpha value is -3.42. The Morgan fingerprint density at radius 3 is 2.92 bits per heavy atom. The molecule has 1 heterocycles. The summed E-state index contributed by atoms with van der Waals surface area (Å²) in [6.45, 7) is 1.76. The number of amides is 1. The molecule has 0 saturated carbocycles. The summed E-state index contributed by atoms with van der Waals surface area (Å²) in [5.41, 5.74) is 5.30. The van der Waals surface area contributed by atoms with E-state index in [4.69, 9.17) is 4.74 Å². The number of rotatable bonds is 5. The summed E-state index contributed by atoms with van der Waals surface area (Å²) >= 11 is 0. The van der Waals surface area contributed by atoms with Crippen molar-refractivity contribution in [1.82, 2.24) is 20.4 Å². The van der Waals surface area contributed by atoms with Gasteiger partial charge < -0.3 is 9.84 Å². The number of fused-ring (bicyclic) bond motifs is 1. The SMILES string of the molecule is COc1cc(C(C)=NNC(=O)Cn2nnc3ccccc32)ccc1O. The lowest BCUT2D eigenvalue weighted by Gasteiger charge is -2.07. The van der Waals surface area contributed by atoms with Crippen LogP contribution >= 0.6 is 0 Å². The molecule has 1 aromatic heterocycles. The lowest BCUT2D eigenvalue weighted by molar-refractivity contribution is -0.121. The van der Waals surface area contributed by atoms with Crippen LogP contribution in [-0.4, -0.2) is 38.8 Å². The van der Waals surface area contributed by atoms with E-state index in [1.165, 1.54) is 17.9 Å². The summed E-state index contributed by atoms with van der Waals surface area (Å²) in [7, 11) is 1.47. The third-order valence-corrected chi connectivity index (χ3v) is 3.66. The van der Waals surface area contributed by atoms with Gasteiger partial charge in [-0.2, -0.15) is 5.10 Å². The second-order valence-electron chi connectivity index (χ2n) is 5.35. The van der Waals surface area contributed by atoms with Crippen molar-refractivity contribution in [1.29, 1.82) is 0 Å². The first-order chi connectivity index (χ1) is 12.1. The number of methoxy groups -OCH3 is 1. The van der Waals surface area contributed by atoms with Crippen molar-refractivity contribution in [3.05, 3.63) is 48.0 Å². The number of para-hydroxylation sites is 1. The Morgan fingerprint density at radius 1 is 1.32 bits per heavy atom. The number of aromatic hydroxyl groups is 1. The Labute approximate surface area is 143 Å². The first-order valence-electron chi connectivity index (χ1n) is 7.57. The van der Waals surface area contributed by atoms with E-state index < -0.39 is 0 Å². The Bertz CT molecular complexity index is 948. The van der Waals surface area contributed by atoms with Crippen LogP contribution in [0.3, 0.4) is 0 Å². The van der Waals surface area contributed by atoms with E-state index >= 15 is 0 Å². The molecule has 2 N–H and O–H groups in total. The number of hydrazone groups is 1. The van der Waals surface area contributed by atoms with Gasteiger partial charge in [0.15, 0.2) is 11.5 Å². The number of ether oxygens (including phenoxy) is 1. The third-order valence-electron chi connectivity index (χ3n) is 3.66. The number of hydrogen-bond donors (Lipinski definition) is 2. The van der Waals surface area contributed by atoms with Crippen LogP contribution in [0.15, 0.2) is 47.6 Å². The standard InChI is InChI=1S/C17H17N5O3/c1-11(12-7-8-15(23)16(9-12)25-2)18-20-17(24)10-22-14-6-4-3-5-13(14)19-21-22/h3-9,23H,10H2,1-2H3,(H,20,24). The average Bonchev–Trinajstić information content (AvgIpc) is 3.03. The number of phenols is 1. The summed E-state index contributed by atoms with van der Waals surface area (Å²) in [5, 5.41) is 21.7. The second-order valence-corrected chi connectivity index (χ2v) is 5.35. The first-order valence-corrected chi connectivity index (χ1v) is 7.57. The molecule has 2 aromatic carbocycles. The Morgan fingerprint density at radius 2 is 2.12 bits per heavy atom. The molecule has 0 aliphatic carbocycles. The van der Waals surface area contributed by atoms with E-state index in [1.54, 1.807) is 19.1 Å². The van der Waals surface area contributed by atoms with Crippen LogP contribution < -0.4 is 10.2 Å². The minimum absolute atomic E-state index is 0.0101. The van der Waals surface area contributed by atoms with Crippen LogP contribution in [0.2, 0.25) is 0 Å². The quantitative estimate of drug-likeness (QED) is 0.544. The highest BCUT2D eigenvalue weighted by molar-refractivity contribution is 5.99. The van der Waals surface area contributed by atoms with Crippen LogP contribution in [0, 0.1) is 0 Å². The van der Waals surface area contributed by atoms with Crippen molar-refractivity contribution in [2.45, 2.75) is 13.5 Å². The van der Waals surface area contributed by atoms with E-state index in [0.29, 0.717) is 11.5 Å². The maximum absolute atomic E-state index is 12.1. The zero-order valence-electron chi connectivity index (χ0n) is 13.8. The molecule has 3 aromatic rings. The van der Waals surface area contributed by atoms with Gasteiger partial charge in [-0.15, -0.1) is 5.10 Å². The van der Waals surface area contributed by atoms with Crippen molar-refractivity contribution >= 4 is 22.7 Å². The van der Waals surface area contributed by atoms with Crippen molar-refractivity contribution in [2.24, 2.45) is 5.10 Å². The van der Waals surface area contributed by atoms with Crippen molar-refractivity contribution in [2.75, 3.05) is 7.11 Å². The zero-order chi connectivity index (χ0) is 17.8. The number of nitrogens with zero attached hydrogens (tertiary/aromatic N) is 4. The van der Waals surface area contributed by atoms with Crippen molar-refractivity contribution < 1.29 is 14.6 Å². The van der Waals surface area contributed by atoms with Gasteiger partial charge in [-0.05, 0) is 37.3 Å². The fraction of sp³-hybridized carbons (Fsp3) is 0.176. The molecular formula is C17H17N5O3. The number of nitrogens with one attached hydrogen (secondary N) is 1. The zero-order valence-corrected chi connectivity index (χ0v) is 13.8. The average molecular weight is 339 g/mol. The molecule has 0 aliphatic rings. The summed E-state index contributed by atoms with van der Waals surface area (Å²) in [4.78, 5) is 12.1. The summed E-state index contributed by atoms with van der Waals surface area (Å²) in [6.07, 6.45) is 0. The number of carbonyl (C=O) groups excluding carboxylic acids is 1. The predicted molar refractivity (Wildman–Crippen MR) is 92.5 cm³/mol. The molecule has 0 bridgehead atoms. The van der Waals surface area contributed by atoms with Crippen LogP contribution in [0.5, 0.6) is 11.5 Å². The van der Waals surface area contributed by atoms with Gasteiger partial charge in [0.05, 0.1) is 18.3 Å². The van der Waals surface area contributed by atoms with Gasteiger partial charge in [-0.1, -0.05) is 17.3 Å². The van der Waals surface area contributed by atoms with Crippen molar-refractivity contribution in [3.8, 4) is 11.5 Å². The van der Waals surface area contributed by atoms with E-state index in [0.717, 1.165) is 16.6 Å². The summed E-state index contributed by atoms with van der Waals surface area (Å²) in [6, 6.07) is 12.2. The first kappa shape index (κ1) is 16.4. The van der Waals surface area contributed by atoms with E-state index in [-0.39, 0.29) is 18.2 Å². The smallest absolute Gasteiger partial charge is 0.261 e. The minimum Gasteiger partial charge on any atom is -0.504 e. The van der Waals surface area contributed by atoms with E-state index in [2.05, 4.69) is 20.8 Å². The fourth-order valence-corrected chi connectivity index (χ4v) is 2.32. The number of phenolic OH excluding ortho intramolecular Hbond substituents is 1. The van der Waals surface area contributed by atoms with Crippen LogP contribution in [0.1, 0.15) is 12.5 Å². The lowest BCUT2D eigenvalue weighted by Crippen LogP contribution is -2.24. The van der Waals surface area contributed by atoms with Gasteiger partial charge in [-0.25, -0.2) is 10.1 Å². The molecule has 128 valence electrons. The van der Waals surface area contributed by atoms with E-state index in [9.17, 15) is 9.90 Å². The summed E-state index contributed by atoms with van der Waals surface area (Å²) in [5.74, 6) is 0.0642. The van der Waals surface area contributed by atoms with Crippen molar-refractivity contribution in [3.63, 3.8) is 0 Å². The van der Waals surface area contributed by atoms with Gasteiger partial charge in [0.1, 0.15) is 12.1 Å². The number of carbonyl (C=O) groups is 1. The maximum atomic E-state index is 12.1. The lowest BCUT2D eigenvalue weighted by atomic mass is 10.1. The molecule has 0 aliphatic heterocycles. The number of benzene rings is 2. The molecule has 3 rings (SSSR count). The molecule has 1 amide bonds. The molecule has 0 atom stereocenters. The Balaban J connectivity index is 1.69. The van der Waals surface area contributed by atoms with Gasteiger partial charge in [-0.3, -0.25) is 4.79 Å². The van der Waals surface area contributed by atoms with Gasteiger partial charge in [0.25, 0.3) is 5.91 Å². The largest absolute Gasteiger partial charge is 0.504 e. The molecule has 0 spiro atoms. The molecule has 0 radical (unpaired) electrons. The highest BCUT2D eigenvalue weighted by Crippen LogP contribution is 2.26. The molecule has 8 nitrogen and oxygen atoms in total. The highest BCUT2D eigenvalue weighted by atomic mass is 16.5. The van der Waals surface area contributed by atoms with Gasteiger partial charge >= 0.3 is 0 Å². The fourth-order valence-electron chi connectivity index (χ4n) is 2.32. The van der Waals surface area contributed by atoms with Crippen LogP contribution in [-0.2, 0) is 11.3 Å². The molecule has 0 fully saturated rings. The number of hydrogen-bond acceptors (Lipinski definition) is 6. The Kier molecular flexibility index (Phi) is 4.60. The van der Waals surface area contributed by atoms with Crippen LogP contribution in [0.25, 0.3) is 11.0 Å². The van der Waals surface area contributed by atoms with Crippen LogP contribution in [0.4, 0.5) is 0 Å². The summed E-state index contributed by atoms with van der Waals surface area (Å²) < 4.78 is 6.57. The van der Waals surface area contributed by atoms with Gasteiger partial charge in [0.2, 0.25) is 0 Å². The second kappa shape index (κ2) is 7.00. The molecule has 0 unspecified atom stereocenters. The molecule has 8 heteroatoms. The maximum Gasteiger partial charge on any atom is 0.261 e. The highest BCUT2D eigenvalue weighted by Gasteiger charge is 2.09. The number of aromatic nitrogens is 3. The predicted octanol–water partition coefficient (Wildman–Crippen LogP) is 1.69. The minimum atomic E-state index is -0.319. The molecule has 0 saturated heterocycles. The molecular weight excluding hydrogens is 322 g/mol.